The summed E-state index contributed by atoms with van der Waals surface area (Å²) in [7, 11) is 3.15. The Morgan fingerprint density at radius 2 is 1.64 bits per heavy atom. The third-order valence-corrected chi connectivity index (χ3v) is 4.50. The van der Waals surface area contributed by atoms with Crippen LogP contribution in [0.25, 0.3) is 0 Å². The average Bonchev–Trinajstić information content (AvgIpc) is 2.71. The summed E-state index contributed by atoms with van der Waals surface area (Å²) in [6, 6.07) is 13.9. The number of para-hydroxylation sites is 1. The van der Waals surface area contributed by atoms with Crippen LogP contribution in [0, 0.1) is 0 Å². The SMILES string of the molecule is C[C@@H](Nc1c(Nc2cccc(C(=O)N(C)C)c2O)c(=O)c1=O)c1ccccc1.[HH].[HH]. The molecule has 3 aromatic carbocycles. The van der Waals surface area contributed by atoms with Crippen molar-refractivity contribution in [3.05, 3.63) is 80.1 Å². The number of phenols is 1. The van der Waals surface area contributed by atoms with E-state index in [0.717, 1.165) is 5.56 Å². The zero-order valence-corrected chi connectivity index (χ0v) is 15.8. The molecule has 28 heavy (non-hydrogen) atoms. The van der Waals surface area contributed by atoms with E-state index in [2.05, 4.69) is 10.6 Å². The van der Waals surface area contributed by atoms with Crippen molar-refractivity contribution in [2.75, 3.05) is 24.7 Å². The molecule has 0 aromatic heterocycles. The van der Waals surface area contributed by atoms with Crippen LogP contribution in [-0.2, 0) is 0 Å². The molecular weight excluding hydrogens is 358 g/mol. The first kappa shape index (κ1) is 19.2. The molecule has 148 valence electrons. The molecule has 0 spiro atoms. The van der Waals surface area contributed by atoms with E-state index < -0.39 is 10.9 Å². The third-order valence-electron chi connectivity index (χ3n) is 4.50. The quantitative estimate of drug-likeness (QED) is 0.447. The molecule has 7 nitrogen and oxygen atoms in total. The van der Waals surface area contributed by atoms with Crippen LogP contribution in [0.2, 0.25) is 0 Å². The van der Waals surface area contributed by atoms with Crippen LogP contribution in [0.3, 0.4) is 0 Å². The Labute approximate surface area is 164 Å². The van der Waals surface area contributed by atoms with Crippen molar-refractivity contribution in [3.63, 3.8) is 0 Å². The molecule has 0 bridgehead atoms. The van der Waals surface area contributed by atoms with Crippen LogP contribution in [0.5, 0.6) is 5.75 Å². The van der Waals surface area contributed by atoms with Gasteiger partial charge in [-0.25, -0.2) is 0 Å². The monoisotopic (exact) mass is 383 g/mol. The number of aromatic hydroxyl groups is 1. The number of rotatable bonds is 6. The summed E-state index contributed by atoms with van der Waals surface area (Å²) < 4.78 is 0. The zero-order chi connectivity index (χ0) is 20.4. The first-order chi connectivity index (χ1) is 13.3. The smallest absolute Gasteiger partial charge is 0.257 e. The van der Waals surface area contributed by atoms with Crippen molar-refractivity contribution >= 4 is 23.0 Å². The molecule has 0 fully saturated rings. The fourth-order valence-corrected chi connectivity index (χ4v) is 2.88. The molecule has 7 heteroatoms. The van der Waals surface area contributed by atoms with Crippen molar-refractivity contribution in [1.29, 1.82) is 0 Å². The molecule has 0 heterocycles. The van der Waals surface area contributed by atoms with E-state index in [0.29, 0.717) is 0 Å². The number of nitrogens with one attached hydrogen (secondary N) is 2. The van der Waals surface area contributed by atoms with E-state index in [1.165, 1.54) is 17.0 Å². The van der Waals surface area contributed by atoms with Gasteiger partial charge < -0.3 is 20.6 Å². The van der Waals surface area contributed by atoms with Gasteiger partial charge in [0.05, 0.1) is 11.3 Å². The van der Waals surface area contributed by atoms with Gasteiger partial charge in [0.1, 0.15) is 11.4 Å². The molecule has 3 N–H and O–H groups in total. The summed E-state index contributed by atoms with van der Waals surface area (Å²) in [4.78, 5) is 37.6. The maximum atomic E-state index is 12.2. The van der Waals surface area contributed by atoms with Crippen LogP contribution in [0.15, 0.2) is 58.1 Å². The summed E-state index contributed by atoms with van der Waals surface area (Å²) in [6.45, 7) is 1.88. The summed E-state index contributed by atoms with van der Waals surface area (Å²) in [5.41, 5.74) is 0.165. The van der Waals surface area contributed by atoms with E-state index in [-0.39, 0.29) is 43.2 Å². The van der Waals surface area contributed by atoms with Gasteiger partial charge in [0, 0.05) is 23.0 Å². The predicted octanol–water partition coefficient (Wildman–Crippen LogP) is 3.10. The number of carbonyl (C=O) groups is 1. The largest absolute Gasteiger partial charge is 0.505 e. The van der Waals surface area contributed by atoms with Gasteiger partial charge in [-0.2, -0.15) is 0 Å². The number of anilines is 3. The first-order valence-corrected chi connectivity index (χ1v) is 8.76. The van der Waals surface area contributed by atoms with Crippen LogP contribution < -0.4 is 21.5 Å². The van der Waals surface area contributed by atoms with Crippen LogP contribution >= 0.6 is 0 Å². The highest BCUT2D eigenvalue weighted by atomic mass is 16.3. The van der Waals surface area contributed by atoms with Crippen molar-refractivity contribution in [3.8, 4) is 5.75 Å². The summed E-state index contributed by atoms with van der Waals surface area (Å²) in [5, 5.41) is 16.3. The molecule has 0 aliphatic heterocycles. The highest BCUT2D eigenvalue weighted by Crippen LogP contribution is 2.32. The molecule has 0 unspecified atom stereocenters. The number of amides is 1. The van der Waals surface area contributed by atoms with Gasteiger partial charge in [-0.3, -0.25) is 14.4 Å². The molecule has 0 aliphatic rings. The molecule has 0 radical (unpaired) electrons. The van der Waals surface area contributed by atoms with Crippen molar-refractivity contribution in [2.24, 2.45) is 0 Å². The van der Waals surface area contributed by atoms with Gasteiger partial charge in [0.2, 0.25) is 0 Å². The lowest BCUT2D eigenvalue weighted by Crippen LogP contribution is -2.37. The van der Waals surface area contributed by atoms with E-state index in [1.54, 1.807) is 20.2 Å². The predicted molar refractivity (Wildman–Crippen MR) is 113 cm³/mol. The van der Waals surface area contributed by atoms with Crippen LogP contribution in [0.1, 0.15) is 31.7 Å². The highest BCUT2D eigenvalue weighted by molar-refractivity contribution is 5.99. The lowest BCUT2D eigenvalue weighted by atomic mass is 10.1. The van der Waals surface area contributed by atoms with Crippen molar-refractivity contribution in [2.45, 2.75) is 13.0 Å². The maximum absolute atomic E-state index is 12.2. The summed E-state index contributed by atoms with van der Waals surface area (Å²) >= 11 is 0. The lowest BCUT2D eigenvalue weighted by Gasteiger charge is -2.20. The molecule has 3 aromatic rings. The second kappa shape index (κ2) is 7.56. The minimum atomic E-state index is -0.675. The number of hydrogen-bond acceptors (Lipinski definition) is 6. The van der Waals surface area contributed by atoms with Gasteiger partial charge in [0.25, 0.3) is 16.8 Å². The number of carbonyl (C=O) groups excluding carboxylic acids is 1. The zero-order valence-electron chi connectivity index (χ0n) is 15.8. The van der Waals surface area contributed by atoms with E-state index >= 15 is 0 Å². The van der Waals surface area contributed by atoms with Crippen molar-refractivity contribution in [1.82, 2.24) is 4.90 Å². The molecule has 0 saturated carbocycles. The van der Waals surface area contributed by atoms with Gasteiger partial charge in [-0.15, -0.1) is 0 Å². The molecule has 3 rings (SSSR count). The fourth-order valence-electron chi connectivity index (χ4n) is 2.88. The second-order valence-corrected chi connectivity index (χ2v) is 6.71. The second-order valence-electron chi connectivity index (χ2n) is 6.71. The van der Waals surface area contributed by atoms with E-state index in [9.17, 15) is 19.5 Å². The number of hydrogen-bond donors (Lipinski definition) is 3. The van der Waals surface area contributed by atoms with Gasteiger partial charge in [0.15, 0.2) is 5.75 Å². The molecular formula is C21H25N3O4. The number of benzene rings is 2. The van der Waals surface area contributed by atoms with Gasteiger partial charge in [-0.1, -0.05) is 36.4 Å². The Morgan fingerprint density at radius 1 is 1.00 bits per heavy atom. The highest BCUT2D eigenvalue weighted by Gasteiger charge is 2.24. The third kappa shape index (κ3) is 3.46. The maximum Gasteiger partial charge on any atom is 0.257 e. The topological polar surface area (TPSA) is 98.7 Å². The van der Waals surface area contributed by atoms with Gasteiger partial charge in [-0.05, 0) is 24.6 Å². The van der Waals surface area contributed by atoms with Crippen molar-refractivity contribution < 1.29 is 12.8 Å². The molecule has 1 amide bonds. The Balaban J connectivity index is 0.00000225. The standard InChI is InChI=1S/C21H21N3O4.2H2/c1-12(13-8-5-4-6-9-13)22-16-17(20(27)19(16)26)23-15-11-7-10-14(18(15)25)21(28)24(2)3;;/h4-12,22-23,25H,1-3H3;2*1H/t12-;;/m1../s1. The minimum absolute atomic E-state index is 0. The number of nitrogens with zero attached hydrogens (tertiary/aromatic N) is 1. The average molecular weight is 383 g/mol. The van der Waals surface area contributed by atoms with Crippen LogP contribution in [0.4, 0.5) is 17.1 Å². The minimum Gasteiger partial charge on any atom is -0.505 e. The fraction of sp³-hybridized carbons (Fsp3) is 0.190. The van der Waals surface area contributed by atoms with Gasteiger partial charge >= 0.3 is 0 Å². The number of phenolic OH excluding ortho intramolecular Hbond substituents is 1. The Morgan fingerprint density at radius 3 is 2.29 bits per heavy atom. The molecule has 0 saturated heterocycles. The Kier molecular flexibility index (Phi) is 5.17. The Bertz CT molecular complexity index is 1090. The summed E-state index contributed by atoms with van der Waals surface area (Å²) in [5.74, 6) is -0.654. The lowest BCUT2D eigenvalue weighted by molar-refractivity contribution is 0.0824. The Hall–Kier alpha value is -3.61. The molecule has 1 atom stereocenters. The summed E-state index contributed by atoms with van der Waals surface area (Å²) in [6.07, 6.45) is 0. The van der Waals surface area contributed by atoms with E-state index in [1.807, 2.05) is 37.3 Å². The van der Waals surface area contributed by atoms with Crippen LogP contribution in [-0.4, -0.2) is 30.0 Å². The normalized spacial score (nSPS) is 11.8. The van der Waals surface area contributed by atoms with E-state index in [4.69, 9.17) is 0 Å². The first-order valence-electron chi connectivity index (χ1n) is 8.76. The molecule has 0 aliphatic carbocycles.